The molecule has 1 fully saturated rings. The van der Waals surface area contributed by atoms with Crippen molar-refractivity contribution in [1.82, 2.24) is 4.90 Å². The fourth-order valence-corrected chi connectivity index (χ4v) is 9.72. The lowest BCUT2D eigenvalue weighted by Gasteiger charge is -2.44. The Hall–Kier alpha value is -1.54. The fourth-order valence-electron chi connectivity index (χ4n) is 5.15. The Labute approximate surface area is 193 Å². The molecule has 0 radical (unpaired) electrons. The van der Waals surface area contributed by atoms with Crippen molar-refractivity contribution >= 4 is 18.7 Å². The van der Waals surface area contributed by atoms with Crippen LogP contribution >= 0.6 is 0 Å². The average Bonchev–Trinajstić information content (AvgIpc) is 3.02. The Morgan fingerprint density at radius 2 is 1.38 bits per heavy atom. The van der Waals surface area contributed by atoms with E-state index in [-0.39, 0.29) is 17.7 Å². The number of likely N-dealkylation sites (tertiary alicyclic amines) is 1. The first-order valence-electron chi connectivity index (χ1n) is 11.8. The summed E-state index contributed by atoms with van der Waals surface area (Å²) in [4.78, 5) is 2.05. The van der Waals surface area contributed by atoms with E-state index in [1.54, 1.807) is 0 Å². The molecule has 1 saturated heterocycles. The molecule has 0 bridgehead atoms. The zero-order chi connectivity index (χ0) is 23.4. The number of hydrogen-bond donors (Lipinski definition) is 3. The van der Waals surface area contributed by atoms with Crippen LogP contribution in [-0.2, 0) is 4.43 Å². The van der Waals surface area contributed by atoms with Crippen LogP contribution in [0.25, 0.3) is 0 Å². The number of benzene rings is 2. The molecule has 0 spiro atoms. The molecule has 3 N–H and O–H groups in total. The average molecular weight is 458 g/mol. The maximum Gasteiger partial charge on any atom is 0.261 e. The minimum absolute atomic E-state index is 0.164. The molecular formula is C26H39NO4Si. The van der Waals surface area contributed by atoms with Gasteiger partial charge in [-0.1, -0.05) is 94.8 Å². The number of rotatable bonds is 9. The van der Waals surface area contributed by atoms with E-state index >= 15 is 0 Å². The molecule has 0 aliphatic carbocycles. The number of unbranched alkanes of at least 4 members (excludes halogenated alkanes) is 1. The summed E-state index contributed by atoms with van der Waals surface area (Å²) in [5.74, 6) is 0. The molecular weight excluding hydrogens is 418 g/mol. The van der Waals surface area contributed by atoms with E-state index < -0.39 is 26.6 Å². The standard InChI is InChI=1S/C26H39NO4Si/c1-5-6-17-27-22(18-28)24(29)25(30)23(27)19-31-32(26(2,3)4,20-13-9-7-10-14-20)21-15-11-8-12-16-21/h7-16,22-25,28-30H,5-6,17-19H2,1-4H3/t22-,23-,24-,25-/m1/s1. The maximum absolute atomic E-state index is 10.9. The van der Waals surface area contributed by atoms with Crippen LogP contribution in [0.4, 0.5) is 0 Å². The molecule has 0 aromatic heterocycles. The molecule has 176 valence electrons. The van der Waals surface area contributed by atoms with Crippen LogP contribution in [0.2, 0.25) is 5.04 Å². The van der Waals surface area contributed by atoms with Gasteiger partial charge in [-0.25, -0.2) is 0 Å². The minimum Gasteiger partial charge on any atom is -0.406 e. The highest BCUT2D eigenvalue weighted by atomic mass is 28.4. The molecule has 5 nitrogen and oxygen atoms in total. The van der Waals surface area contributed by atoms with Crippen molar-refractivity contribution in [2.75, 3.05) is 19.8 Å². The molecule has 1 heterocycles. The predicted octanol–water partition coefficient (Wildman–Crippen LogP) is 2.13. The minimum atomic E-state index is -2.74. The number of aliphatic hydroxyl groups excluding tert-OH is 3. The van der Waals surface area contributed by atoms with Gasteiger partial charge in [0.25, 0.3) is 8.32 Å². The van der Waals surface area contributed by atoms with Crippen molar-refractivity contribution in [2.45, 2.75) is 69.9 Å². The van der Waals surface area contributed by atoms with Gasteiger partial charge >= 0.3 is 0 Å². The van der Waals surface area contributed by atoms with E-state index in [0.717, 1.165) is 12.8 Å². The Balaban J connectivity index is 2.02. The molecule has 0 saturated carbocycles. The summed E-state index contributed by atoms with van der Waals surface area (Å²) in [5, 5.41) is 33.6. The third-order valence-electron chi connectivity index (χ3n) is 6.83. The summed E-state index contributed by atoms with van der Waals surface area (Å²) in [6.07, 6.45) is 0.00115. The summed E-state index contributed by atoms with van der Waals surface area (Å²) in [7, 11) is -2.74. The van der Waals surface area contributed by atoms with Crippen LogP contribution in [-0.4, -0.2) is 72.6 Å². The van der Waals surface area contributed by atoms with E-state index in [4.69, 9.17) is 4.43 Å². The predicted molar refractivity (Wildman–Crippen MR) is 132 cm³/mol. The largest absolute Gasteiger partial charge is 0.406 e. The lowest BCUT2D eigenvalue weighted by atomic mass is 10.1. The van der Waals surface area contributed by atoms with E-state index in [0.29, 0.717) is 13.2 Å². The van der Waals surface area contributed by atoms with Crippen LogP contribution in [0.5, 0.6) is 0 Å². The first-order valence-corrected chi connectivity index (χ1v) is 13.7. The highest BCUT2D eigenvalue weighted by Crippen LogP contribution is 2.37. The molecule has 0 unspecified atom stereocenters. The van der Waals surface area contributed by atoms with Crippen molar-refractivity contribution in [3.63, 3.8) is 0 Å². The Morgan fingerprint density at radius 3 is 1.81 bits per heavy atom. The zero-order valence-corrected chi connectivity index (χ0v) is 20.8. The molecule has 6 heteroatoms. The summed E-state index contributed by atoms with van der Waals surface area (Å²) in [6.45, 7) is 9.62. The molecule has 32 heavy (non-hydrogen) atoms. The maximum atomic E-state index is 10.9. The van der Waals surface area contributed by atoms with Crippen molar-refractivity contribution in [3.05, 3.63) is 60.7 Å². The van der Waals surface area contributed by atoms with Gasteiger partial charge in [0.05, 0.1) is 37.5 Å². The second-order valence-corrected chi connectivity index (χ2v) is 14.2. The van der Waals surface area contributed by atoms with Crippen molar-refractivity contribution in [3.8, 4) is 0 Å². The summed E-state index contributed by atoms with van der Waals surface area (Å²) in [5.41, 5.74) is 0. The SMILES string of the molecule is CCCCN1[C@H](CO)[C@@H](O)[C@H](O)[C@H]1CO[Si](c1ccccc1)(c1ccccc1)C(C)(C)C. The first-order chi connectivity index (χ1) is 15.3. The van der Waals surface area contributed by atoms with Gasteiger partial charge in [-0.05, 0) is 28.4 Å². The van der Waals surface area contributed by atoms with Gasteiger partial charge in [0.2, 0.25) is 0 Å². The zero-order valence-electron chi connectivity index (χ0n) is 19.8. The Kier molecular flexibility index (Phi) is 8.30. The molecule has 0 amide bonds. The highest BCUT2D eigenvalue weighted by molar-refractivity contribution is 6.99. The normalized spacial score (nSPS) is 24.7. The molecule has 3 rings (SSSR count). The van der Waals surface area contributed by atoms with Gasteiger partial charge in [-0.2, -0.15) is 0 Å². The van der Waals surface area contributed by atoms with Gasteiger partial charge in [0.1, 0.15) is 0 Å². The Morgan fingerprint density at radius 1 is 0.875 bits per heavy atom. The second kappa shape index (κ2) is 10.6. The van der Waals surface area contributed by atoms with Gasteiger partial charge < -0.3 is 19.7 Å². The third-order valence-corrected chi connectivity index (χ3v) is 11.8. The molecule has 4 atom stereocenters. The van der Waals surface area contributed by atoms with Gasteiger partial charge in [-0.15, -0.1) is 0 Å². The molecule has 2 aromatic carbocycles. The lowest BCUT2D eigenvalue weighted by molar-refractivity contribution is 0.0139. The fraction of sp³-hybridized carbons (Fsp3) is 0.538. The number of aliphatic hydroxyl groups is 3. The first kappa shape index (κ1) is 25.1. The summed E-state index contributed by atoms with van der Waals surface area (Å²) in [6, 6.07) is 20.0. The quantitative estimate of drug-likeness (QED) is 0.503. The topological polar surface area (TPSA) is 73.2 Å². The molecule has 1 aliphatic rings. The van der Waals surface area contributed by atoms with E-state index in [1.165, 1.54) is 10.4 Å². The van der Waals surface area contributed by atoms with Gasteiger partial charge in [0.15, 0.2) is 0 Å². The molecule has 2 aromatic rings. The van der Waals surface area contributed by atoms with Crippen LogP contribution < -0.4 is 10.4 Å². The van der Waals surface area contributed by atoms with Crippen molar-refractivity contribution in [1.29, 1.82) is 0 Å². The Bertz CT molecular complexity index is 787. The molecule has 1 aliphatic heterocycles. The van der Waals surface area contributed by atoms with Gasteiger partial charge in [-0.3, -0.25) is 4.90 Å². The van der Waals surface area contributed by atoms with Crippen LogP contribution in [0.1, 0.15) is 40.5 Å². The smallest absolute Gasteiger partial charge is 0.261 e. The third kappa shape index (κ3) is 4.71. The van der Waals surface area contributed by atoms with Crippen molar-refractivity contribution < 1.29 is 19.7 Å². The van der Waals surface area contributed by atoms with E-state index in [2.05, 4.69) is 81.1 Å². The van der Waals surface area contributed by atoms with Crippen LogP contribution in [0.15, 0.2) is 60.7 Å². The second-order valence-electron chi connectivity index (χ2n) is 9.86. The number of nitrogens with zero attached hydrogens (tertiary/aromatic N) is 1. The highest BCUT2D eigenvalue weighted by Gasteiger charge is 2.53. The van der Waals surface area contributed by atoms with E-state index in [1.807, 2.05) is 12.1 Å². The van der Waals surface area contributed by atoms with E-state index in [9.17, 15) is 15.3 Å². The number of hydrogen-bond acceptors (Lipinski definition) is 5. The monoisotopic (exact) mass is 457 g/mol. The summed E-state index contributed by atoms with van der Waals surface area (Å²) < 4.78 is 7.02. The van der Waals surface area contributed by atoms with Crippen LogP contribution in [0, 0.1) is 0 Å². The van der Waals surface area contributed by atoms with Crippen molar-refractivity contribution in [2.24, 2.45) is 0 Å². The van der Waals surface area contributed by atoms with Crippen LogP contribution in [0.3, 0.4) is 0 Å². The van der Waals surface area contributed by atoms with Gasteiger partial charge in [0, 0.05) is 0 Å². The lowest BCUT2D eigenvalue weighted by Crippen LogP contribution is -2.67. The summed E-state index contributed by atoms with van der Waals surface area (Å²) >= 11 is 0.